The first kappa shape index (κ1) is 33.7. The highest BCUT2D eigenvalue weighted by molar-refractivity contribution is 6.12. The van der Waals surface area contributed by atoms with Gasteiger partial charge in [0.15, 0.2) is 17.5 Å². The molecule has 1 aliphatic carbocycles. The summed E-state index contributed by atoms with van der Waals surface area (Å²) in [5.74, 6) is 1.97. The van der Waals surface area contributed by atoms with Crippen LogP contribution in [0.25, 0.3) is 94.0 Å². The molecule has 0 saturated carbocycles. The van der Waals surface area contributed by atoms with Crippen LogP contribution in [0.1, 0.15) is 51.7 Å². The van der Waals surface area contributed by atoms with Crippen LogP contribution in [0, 0.1) is 0 Å². The van der Waals surface area contributed by atoms with Crippen molar-refractivity contribution < 1.29 is 0 Å². The van der Waals surface area contributed by atoms with E-state index >= 15 is 0 Å². The minimum absolute atomic E-state index is 0.0918. The van der Waals surface area contributed by atoms with Crippen LogP contribution in [-0.2, 0) is 10.8 Å². The first-order valence-corrected chi connectivity index (χ1v) is 20.1. The van der Waals surface area contributed by atoms with Crippen LogP contribution >= 0.6 is 0 Å². The monoisotopic (exact) mass is 734 g/mol. The number of hydrogen-bond donors (Lipinski definition) is 0. The first-order chi connectivity index (χ1) is 27.7. The van der Waals surface area contributed by atoms with Crippen molar-refractivity contribution in [2.24, 2.45) is 0 Å². The van der Waals surface area contributed by atoms with Gasteiger partial charge in [-0.3, -0.25) is 0 Å². The number of para-hydroxylation sites is 1. The number of nitrogens with zero attached hydrogens (tertiary/aromatic N) is 4. The Hall–Kier alpha value is -6.65. The van der Waals surface area contributed by atoms with Crippen molar-refractivity contribution in [1.82, 2.24) is 19.5 Å². The number of fused-ring (bicyclic) bond motifs is 7. The molecule has 0 spiro atoms. The van der Waals surface area contributed by atoms with E-state index in [1.807, 2.05) is 0 Å². The van der Waals surface area contributed by atoms with Gasteiger partial charge in [0.1, 0.15) is 0 Å². The average Bonchev–Trinajstić information content (AvgIpc) is 3.57. The van der Waals surface area contributed by atoms with Crippen molar-refractivity contribution in [2.75, 3.05) is 0 Å². The highest BCUT2D eigenvalue weighted by Gasteiger charge is 2.38. The molecule has 4 heteroatoms. The second-order valence-corrected chi connectivity index (χ2v) is 17.1. The predicted octanol–water partition coefficient (Wildman–Crippen LogP) is 13.8. The smallest absolute Gasteiger partial charge is 0.164 e. The fourth-order valence-electron chi connectivity index (χ4n) is 9.54. The Morgan fingerprint density at radius 2 is 0.842 bits per heavy atom. The van der Waals surface area contributed by atoms with Gasteiger partial charge in [-0.1, -0.05) is 155 Å². The van der Waals surface area contributed by atoms with Gasteiger partial charge in [-0.05, 0) is 92.1 Å². The summed E-state index contributed by atoms with van der Waals surface area (Å²) in [6.45, 7) is 9.66. The van der Waals surface area contributed by atoms with Crippen molar-refractivity contribution in [3.05, 3.63) is 169 Å². The maximum atomic E-state index is 5.32. The summed E-state index contributed by atoms with van der Waals surface area (Å²) in [6.07, 6.45) is 2.36. The molecule has 4 nitrogen and oxygen atoms in total. The molecule has 0 atom stereocenters. The van der Waals surface area contributed by atoms with E-state index < -0.39 is 0 Å². The summed E-state index contributed by atoms with van der Waals surface area (Å²) in [5.41, 5.74) is 9.70. The lowest BCUT2D eigenvalue weighted by Gasteiger charge is -2.42. The fraction of sp³-hybridized carbons (Fsp3) is 0.151. The molecule has 0 radical (unpaired) electrons. The van der Waals surface area contributed by atoms with Crippen molar-refractivity contribution in [2.45, 2.75) is 51.4 Å². The summed E-state index contributed by atoms with van der Waals surface area (Å²) in [5, 5.41) is 9.35. The quantitative estimate of drug-likeness (QED) is 0.181. The molecule has 2 aromatic heterocycles. The second kappa shape index (κ2) is 12.4. The van der Waals surface area contributed by atoms with Crippen LogP contribution in [0.15, 0.2) is 158 Å². The molecule has 2 heterocycles. The Morgan fingerprint density at radius 1 is 0.386 bits per heavy atom. The van der Waals surface area contributed by atoms with E-state index in [4.69, 9.17) is 15.0 Å². The maximum Gasteiger partial charge on any atom is 0.164 e. The minimum Gasteiger partial charge on any atom is -0.309 e. The van der Waals surface area contributed by atoms with Gasteiger partial charge < -0.3 is 4.57 Å². The molecule has 0 saturated heterocycles. The van der Waals surface area contributed by atoms with E-state index in [1.54, 1.807) is 0 Å². The largest absolute Gasteiger partial charge is 0.309 e. The molecule has 0 bridgehead atoms. The van der Waals surface area contributed by atoms with E-state index in [0.29, 0.717) is 17.5 Å². The zero-order chi connectivity index (χ0) is 38.5. The van der Waals surface area contributed by atoms with Crippen molar-refractivity contribution in [3.63, 3.8) is 0 Å². The van der Waals surface area contributed by atoms with Gasteiger partial charge in [-0.15, -0.1) is 0 Å². The van der Waals surface area contributed by atoms with Crippen molar-refractivity contribution >= 4 is 54.1 Å². The second-order valence-electron chi connectivity index (χ2n) is 17.1. The van der Waals surface area contributed by atoms with E-state index in [9.17, 15) is 0 Å². The van der Waals surface area contributed by atoms with Crippen LogP contribution in [0.4, 0.5) is 0 Å². The maximum absolute atomic E-state index is 5.32. The summed E-state index contributed by atoms with van der Waals surface area (Å²) in [4.78, 5) is 15.9. The van der Waals surface area contributed by atoms with Crippen molar-refractivity contribution in [1.29, 1.82) is 0 Å². The van der Waals surface area contributed by atoms with Crippen LogP contribution in [0.2, 0.25) is 0 Å². The van der Waals surface area contributed by atoms with Gasteiger partial charge in [0, 0.05) is 32.8 Å². The van der Waals surface area contributed by atoms with Gasteiger partial charge in [-0.2, -0.15) is 0 Å². The molecule has 11 rings (SSSR count). The third kappa shape index (κ3) is 5.24. The zero-order valence-electron chi connectivity index (χ0n) is 32.7. The molecule has 0 N–H and O–H groups in total. The van der Waals surface area contributed by atoms with Gasteiger partial charge in [-0.25, -0.2) is 15.0 Å². The minimum atomic E-state index is 0.0918. The Balaban J connectivity index is 1.18. The molecule has 1 aliphatic rings. The summed E-state index contributed by atoms with van der Waals surface area (Å²) >= 11 is 0. The number of benzene rings is 8. The lowest BCUT2D eigenvalue weighted by atomic mass is 9.63. The van der Waals surface area contributed by atoms with Gasteiger partial charge >= 0.3 is 0 Å². The Labute approximate surface area is 332 Å². The summed E-state index contributed by atoms with van der Waals surface area (Å²) < 4.78 is 2.49. The number of hydrogen-bond acceptors (Lipinski definition) is 3. The molecule has 8 aromatic carbocycles. The van der Waals surface area contributed by atoms with Crippen LogP contribution in [-0.4, -0.2) is 19.5 Å². The predicted molar refractivity (Wildman–Crippen MR) is 238 cm³/mol. The fourth-order valence-corrected chi connectivity index (χ4v) is 9.54. The highest BCUT2D eigenvalue weighted by Crippen LogP contribution is 2.49. The third-order valence-electron chi connectivity index (χ3n) is 12.7. The average molecular weight is 735 g/mol. The summed E-state index contributed by atoms with van der Waals surface area (Å²) in [6, 6.07) is 56.8. The number of rotatable bonds is 4. The van der Waals surface area contributed by atoms with E-state index in [1.165, 1.54) is 45.8 Å². The van der Waals surface area contributed by atoms with Gasteiger partial charge in [0.05, 0.1) is 16.7 Å². The molecule has 0 fully saturated rings. The molecule has 10 aromatic rings. The lowest BCUT2D eigenvalue weighted by molar-refractivity contribution is 0.332. The normalized spacial score (nSPS) is 14.8. The number of aromatic nitrogens is 4. The molecule has 274 valence electrons. The molecular weight excluding hydrogens is 693 g/mol. The highest BCUT2D eigenvalue weighted by atomic mass is 15.0. The van der Waals surface area contributed by atoms with E-state index in [2.05, 4.69) is 190 Å². The van der Waals surface area contributed by atoms with Gasteiger partial charge in [0.25, 0.3) is 0 Å². The molecule has 0 amide bonds. The lowest BCUT2D eigenvalue weighted by Crippen LogP contribution is -2.33. The zero-order valence-corrected chi connectivity index (χ0v) is 32.7. The van der Waals surface area contributed by atoms with Crippen molar-refractivity contribution in [3.8, 4) is 39.9 Å². The SMILES string of the molecule is CC1(C)CCC(C)(C)c2cc3c(cc21)c1ccccc1n3-c1ccc(-c2nc(-c3cccc4ccccc34)nc(-c3cccc4ccccc34)n2)c2ccccc12. The van der Waals surface area contributed by atoms with Gasteiger partial charge in [0.2, 0.25) is 0 Å². The standard InChI is InChI=1S/C53H42N4/c1-52(2)29-30-53(3,4)45-32-48-43(31-44(45)52)39-23-11-12-26-46(39)57(48)47-28-27-42(37-21-9-10-22-38(37)47)51-55-49(40-24-13-17-33-15-5-7-19-35(33)40)54-50(56-51)41-25-14-18-34-16-6-8-20-36(34)41/h5-28,31-32H,29-30H2,1-4H3. The summed E-state index contributed by atoms with van der Waals surface area (Å²) in [7, 11) is 0. The molecule has 0 unspecified atom stereocenters. The molecule has 57 heavy (non-hydrogen) atoms. The van der Waals surface area contributed by atoms with Crippen LogP contribution in [0.5, 0.6) is 0 Å². The Morgan fingerprint density at radius 3 is 1.44 bits per heavy atom. The third-order valence-corrected chi connectivity index (χ3v) is 12.7. The van der Waals surface area contributed by atoms with E-state index in [-0.39, 0.29) is 10.8 Å². The Kier molecular flexibility index (Phi) is 7.34. The van der Waals surface area contributed by atoms with Crippen LogP contribution in [0.3, 0.4) is 0 Å². The molecule has 0 aliphatic heterocycles. The van der Waals surface area contributed by atoms with Crippen LogP contribution < -0.4 is 0 Å². The first-order valence-electron chi connectivity index (χ1n) is 20.1. The Bertz CT molecular complexity index is 3150. The topological polar surface area (TPSA) is 43.6 Å². The van der Waals surface area contributed by atoms with E-state index in [0.717, 1.165) is 54.7 Å². The molecular formula is C53H42N4.